The van der Waals surface area contributed by atoms with Gasteiger partial charge in [-0.1, -0.05) is 12.1 Å². The molecule has 0 atom stereocenters. The van der Waals surface area contributed by atoms with Crippen LogP contribution in [-0.4, -0.2) is 67.6 Å². The van der Waals surface area contributed by atoms with Crippen molar-refractivity contribution in [3.8, 4) is 0 Å². The fourth-order valence-electron chi connectivity index (χ4n) is 3.19. The Bertz CT molecular complexity index is 686. The SMILES string of the molecule is C/C(=N/NC(=S)NCCN1CCOCC1)c1ccc(N2CCCC2=O)cc1. The van der Waals surface area contributed by atoms with Crippen molar-refractivity contribution in [1.82, 2.24) is 15.6 Å². The van der Waals surface area contributed by atoms with Crippen LogP contribution in [0.25, 0.3) is 0 Å². The highest BCUT2D eigenvalue weighted by Gasteiger charge is 2.21. The van der Waals surface area contributed by atoms with Crippen molar-refractivity contribution >= 4 is 34.6 Å². The van der Waals surface area contributed by atoms with E-state index in [4.69, 9.17) is 17.0 Å². The molecule has 27 heavy (non-hydrogen) atoms. The number of hydrogen-bond acceptors (Lipinski definition) is 5. The van der Waals surface area contributed by atoms with Crippen LogP contribution in [0.2, 0.25) is 0 Å². The van der Waals surface area contributed by atoms with Crippen LogP contribution in [0, 0.1) is 0 Å². The molecule has 0 aliphatic carbocycles. The van der Waals surface area contributed by atoms with Crippen molar-refractivity contribution in [3.63, 3.8) is 0 Å². The van der Waals surface area contributed by atoms with Gasteiger partial charge in [0.25, 0.3) is 0 Å². The first-order valence-corrected chi connectivity index (χ1v) is 9.83. The Hall–Kier alpha value is -2.03. The van der Waals surface area contributed by atoms with Gasteiger partial charge in [0.15, 0.2) is 5.11 Å². The normalized spacial score (nSPS) is 18.6. The summed E-state index contributed by atoms with van der Waals surface area (Å²) in [5, 5.41) is 8.04. The number of carbonyl (C=O) groups is 1. The third kappa shape index (κ3) is 5.72. The second-order valence-electron chi connectivity index (χ2n) is 6.71. The maximum Gasteiger partial charge on any atom is 0.227 e. The van der Waals surface area contributed by atoms with Gasteiger partial charge in [0.05, 0.1) is 18.9 Å². The fraction of sp³-hybridized carbons (Fsp3) is 0.526. The van der Waals surface area contributed by atoms with Crippen molar-refractivity contribution < 1.29 is 9.53 Å². The van der Waals surface area contributed by atoms with Crippen LogP contribution >= 0.6 is 12.2 Å². The molecule has 1 amide bonds. The number of carbonyl (C=O) groups excluding carboxylic acids is 1. The molecule has 2 saturated heterocycles. The lowest BCUT2D eigenvalue weighted by Gasteiger charge is -2.26. The van der Waals surface area contributed by atoms with Crippen molar-refractivity contribution in [2.45, 2.75) is 19.8 Å². The van der Waals surface area contributed by atoms with Crippen LogP contribution in [0.15, 0.2) is 29.4 Å². The van der Waals surface area contributed by atoms with E-state index in [9.17, 15) is 4.79 Å². The zero-order valence-corrected chi connectivity index (χ0v) is 16.6. The minimum absolute atomic E-state index is 0.198. The number of ether oxygens (including phenoxy) is 1. The van der Waals surface area contributed by atoms with Crippen LogP contribution in [-0.2, 0) is 9.53 Å². The van der Waals surface area contributed by atoms with Crippen molar-refractivity contribution in [2.24, 2.45) is 5.10 Å². The first-order chi connectivity index (χ1) is 13.1. The largest absolute Gasteiger partial charge is 0.379 e. The molecule has 2 fully saturated rings. The second kappa shape index (κ2) is 9.77. The first-order valence-electron chi connectivity index (χ1n) is 9.42. The van der Waals surface area contributed by atoms with Crippen LogP contribution < -0.4 is 15.6 Å². The summed E-state index contributed by atoms with van der Waals surface area (Å²) in [5.41, 5.74) is 5.68. The lowest BCUT2D eigenvalue weighted by Crippen LogP contribution is -2.42. The monoisotopic (exact) mass is 389 g/mol. The van der Waals surface area contributed by atoms with E-state index < -0.39 is 0 Å². The van der Waals surface area contributed by atoms with Crippen molar-refractivity contribution in [3.05, 3.63) is 29.8 Å². The minimum Gasteiger partial charge on any atom is -0.379 e. The molecule has 2 heterocycles. The third-order valence-corrected chi connectivity index (χ3v) is 5.05. The number of nitrogens with one attached hydrogen (secondary N) is 2. The maximum atomic E-state index is 11.8. The van der Waals surface area contributed by atoms with Crippen LogP contribution in [0.1, 0.15) is 25.3 Å². The molecule has 2 aliphatic rings. The summed E-state index contributed by atoms with van der Waals surface area (Å²) in [6.45, 7) is 7.99. The van der Waals surface area contributed by atoms with Crippen LogP contribution in [0.4, 0.5) is 5.69 Å². The zero-order chi connectivity index (χ0) is 19.1. The molecule has 7 nitrogen and oxygen atoms in total. The highest BCUT2D eigenvalue weighted by molar-refractivity contribution is 7.80. The maximum absolute atomic E-state index is 11.8. The summed E-state index contributed by atoms with van der Waals surface area (Å²) < 4.78 is 5.34. The van der Waals surface area contributed by atoms with Gasteiger partial charge in [0, 0.05) is 44.8 Å². The molecule has 146 valence electrons. The van der Waals surface area contributed by atoms with Crippen molar-refractivity contribution in [1.29, 1.82) is 0 Å². The minimum atomic E-state index is 0.198. The molecule has 1 aromatic rings. The number of amides is 1. The number of hydrogen-bond donors (Lipinski definition) is 2. The molecule has 2 aliphatic heterocycles. The standard InChI is InChI=1S/C19H27N5O2S/c1-15(16-4-6-17(7-5-16)24-9-2-3-18(24)25)21-22-19(27)20-8-10-23-11-13-26-14-12-23/h4-7H,2-3,8-14H2,1H3,(H2,20,22,27)/b21-15-. The molecule has 0 radical (unpaired) electrons. The molecule has 0 unspecified atom stereocenters. The quantitative estimate of drug-likeness (QED) is 0.435. The number of nitrogens with zero attached hydrogens (tertiary/aromatic N) is 3. The van der Waals surface area contributed by atoms with Gasteiger partial charge in [-0.05, 0) is 43.3 Å². The van der Waals surface area contributed by atoms with E-state index in [1.807, 2.05) is 36.1 Å². The first kappa shape index (κ1) is 19.7. The summed E-state index contributed by atoms with van der Waals surface area (Å²) in [7, 11) is 0. The Labute approximate surface area is 165 Å². The topological polar surface area (TPSA) is 69.2 Å². The lowest BCUT2D eigenvalue weighted by atomic mass is 10.1. The van der Waals surface area contributed by atoms with Gasteiger partial charge in [-0.25, -0.2) is 0 Å². The second-order valence-corrected chi connectivity index (χ2v) is 7.12. The summed E-state index contributed by atoms with van der Waals surface area (Å²) >= 11 is 5.28. The molecule has 3 rings (SSSR count). The number of anilines is 1. The van der Waals surface area contributed by atoms with Crippen molar-refractivity contribution in [2.75, 3.05) is 50.8 Å². The molecule has 0 bridgehead atoms. The van der Waals surface area contributed by atoms with Gasteiger partial charge in [0.2, 0.25) is 5.91 Å². The van der Waals surface area contributed by atoms with Gasteiger partial charge in [0.1, 0.15) is 0 Å². The Kier molecular flexibility index (Phi) is 7.14. The number of thiocarbonyl (C=S) groups is 1. The molecule has 1 aromatic carbocycles. The summed E-state index contributed by atoms with van der Waals surface area (Å²) in [6.07, 6.45) is 1.57. The van der Waals surface area contributed by atoms with Gasteiger partial charge in [-0.15, -0.1) is 0 Å². The number of benzene rings is 1. The smallest absolute Gasteiger partial charge is 0.227 e. The van der Waals surface area contributed by atoms with Gasteiger partial charge in [-0.3, -0.25) is 15.1 Å². The molecule has 2 N–H and O–H groups in total. The van der Waals surface area contributed by atoms with E-state index in [2.05, 4.69) is 20.7 Å². The molecule has 8 heteroatoms. The summed E-state index contributed by atoms with van der Waals surface area (Å²) in [6, 6.07) is 7.90. The fourth-order valence-corrected chi connectivity index (χ4v) is 3.34. The van der Waals surface area contributed by atoms with Gasteiger partial charge in [-0.2, -0.15) is 5.10 Å². The van der Waals surface area contributed by atoms with E-state index in [0.717, 1.165) is 69.3 Å². The average molecular weight is 390 g/mol. The highest BCUT2D eigenvalue weighted by Crippen LogP contribution is 2.21. The lowest BCUT2D eigenvalue weighted by molar-refractivity contribution is -0.117. The molecule has 0 spiro atoms. The Morgan fingerprint density at radius 3 is 2.63 bits per heavy atom. The van der Waals surface area contributed by atoms with E-state index in [1.54, 1.807) is 0 Å². The number of rotatable bonds is 6. The summed E-state index contributed by atoms with van der Waals surface area (Å²) in [4.78, 5) is 16.0. The molecule has 0 saturated carbocycles. The molecule has 0 aromatic heterocycles. The number of morpholine rings is 1. The van der Waals surface area contributed by atoms with Gasteiger partial charge < -0.3 is 15.0 Å². The van der Waals surface area contributed by atoms with E-state index >= 15 is 0 Å². The van der Waals surface area contributed by atoms with E-state index in [0.29, 0.717) is 11.5 Å². The Balaban J connectivity index is 1.43. The Morgan fingerprint density at radius 1 is 1.22 bits per heavy atom. The predicted octanol–water partition coefficient (Wildman–Crippen LogP) is 1.33. The Morgan fingerprint density at radius 2 is 1.96 bits per heavy atom. The van der Waals surface area contributed by atoms with E-state index in [-0.39, 0.29) is 5.91 Å². The third-order valence-electron chi connectivity index (χ3n) is 4.81. The molecular formula is C19H27N5O2S. The average Bonchev–Trinajstić information content (AvgIpc) is 3.13. The highest BCUT2D eigenvalue weighted by atomic mass is 32.1. The van der Waals surface area contributed by atoms with Crippen LogP contribution in [0.3, 0.4) is 0 Å². The van der Waals surface area contributed by atoms with Gasteiger partial charge >= 0.3 is 0 Å². The zero-order valence-electron chi connectivity index (χ0n) is 15.7. The molecular weight excluding hydrogens is 362 g/mol. The van der Waals surface area contributed by atoms with Crippen LogP contribution in [0.5, 0.6) is 0 Å². The number of hydrazone groups is 1. The summed E-state index contributed by atoms with van der Waals surface area (Å²) in [5.74, 6) is 0.198. The predicted molar refractivity (Wildman–Crippen MR) is 111 cm³/mol. The van der Waals surface area contributed by atoms with E-state index in [1.165, 1.54) is 0 Å².